The largest absolute Gasteiger partial charge is 0.298 e. The summed E-state index contributed by atoms with van der Waals surface area (Å²) >= 11 is 0. The lowest BCUT2D eigenvalue weighted by molar-refractivity contribution is -0.127. The number of hydrogen-bond acceptors (Lipinski definition) is 2. The molecule has 2 nitrogen and oxygen atoms in total. The van der Waals surface area contributed by atoms with Crippen LogP contribution in [-0.4, -0.2) is 11.6 Å². The van der Waals surface area contributed by atoms with E-state index in [9.17, 15) is 9.59 Å². The third-order valence-electron chi connectivity index (χ3n) is 1.95. The molecule has 0 radical (unpaired) electrons. The van der Waals surface area contributed by atoms with Gasteiger partial charge < -0.3 is 0 Å². The highest BCUT2D eigenvalue weighted by Crippen LogP contribution is 2.00. The Morgan fingerprint density at radius 2 is 1.60 bits per heavy atom. The summed E-state index contributed by atoms with van der Waals surface area (Å²) in [6, 6.07) is 9.29. The molecular weight excluding hydrogens is 188 g/mol. The third-order valence-corrected chi connectivity index (χ3v) is 1.95. The van der Waals surface area contributed by atoms with Gasteiger partial charge in [0.05, 0.1) is 0 Å². The number of benzene rings is 1. The predicted molar refractivity (Wildman–Crippen MR) is 58.2 cm³/mol. The molecule has 1 aromatic carbocycles. The first kappa shape index (κ1) is 11.2. The maximum atomic E-state index is 11.1. The van der Waals surface area contributed by atoms with E-state index < -0.39 is 5.92 Å². The second-order valence-corrected chi connectivity index (χ2v) is 3.29. The zero-order valence-corrected chi connectivity index (χ0v) is 8.78. The summed E-state index contributed by atoms with van der Waals surface area (Å²) in [4.78, 5) is 22.2. The predicted octanol–water partition coefficient (Wildman–Crippen LogP) is 1.83. The van der Waals surface area contributed by atoms with Crippen molar-refractivity contribution in [2.24, 2.45) is 5.92 Å². The van der Waals surface area contributed by atoms with Gasteiger partial charge in [0.15, 0.2) is 11.6 Å². The van der Waals surface area contributed by atoms with Gasteiger partial charge in [-0.25, -0.2) is 0 Å². The molecular formula is C13H12O2. The SMILES string of the molecule is CC(=O)C(C#Cc1ccccc1)C(C)=O. The van der Waals surface area contributed by atoms with Crippen LogP contribution in [0.5, 0.6) is 0 Å². The van der Waals surface area contributed by atoms with Crippen molar-refractivity contribution >= 4 is 11.6 Å². The Balaban J connectivity index is 2.88. The smallest absolute Gasteiger partial charge is 0.152 e. The maximum absolute atomic E-state index is 11.1. The Labute approximate surface area is 89.3 Å². The van der Waals surface area contributed by atoms with Crippen LogP contribution >= 0.6 is 0 Å². The highest BCUT2D eigenvalue weighted by Gasteiger charge is 2.15. The van der Waals surface area contributed by atoms with Gasteiger partial charge in [0.2, 0.25) is 0 Å². The average molecular weight is 200 g/mol. The van der Waals surface area contributed by atoms with Crippen LogP contribution in [0.4, 0.5) is 0 Å². The molecule has 0 bridgehead atoms. The van der Waals surface area contributed by atoms with Crippen molar-refractivity contribution in [2.45, 2.75) is 13.8 Å². The van der Waals surface area contributed by atoms with Crippen LogP contribution in [0.2, 0.25) is 0 Å². The van der Waals surface area contributed by atoms with Gasteiger partial charge in [-0.15, -0.1) is 0 Å². The lowest BCUT2D eigenvalue weighted by Gasteiger charge is -1.99. The van der Waals surface area contributed by atoms with Crippen molar-refractivity contribution in [3.8, 4) is 11.8 Å². The van der Waals surface area contributed by atoms with Crippen molar-refractivity contribution in [3.63, 3.8) is 0 Å². The van der Waals surface area contributed by atoms with Crippen molar-refractivity contribution < 1.29 is 9.59 Å². The van der Waals surface area contributed by atoms with E-state index in [4.69, 9.17) is 0 Å². The van der Waals surface area contributed by atoms with Crippen molar-refractivity contribution in [2.75, 3.05) is 0 Å². The van der Waals surface area contributed by atoms with Gasteiger partial charge in [0.1, 0.15) is 5.92 Å². The summed E-state index contributed by atoms with van der Waals surface area (Å²) in [5, 5.41) is 0. The normalized spacial score (nSPS) is 9.27. The summed E-state index contributed by atoms with van der Waals surface area (Å²) in [5.74, 6) is 4.31. The van der Waals surface area contributed by atoms with Crippen LogP contribution in [0.15, 0.2) is 30.3 Å². The number of carbonyl (C=O) groups is 2. The maximum Gasteiger partial charge on any atom is 0.152 e. The van der Waals surface area contributed by atoms with Crippen molar-refractivity contribution in [3.05, 3.63) is 35.9 Å². The average Bonchev–Trinajstić information content (AvgIpc) is 2.18. The Morgan fingerprint density at radius 3 is 2.07 bits per heavy atom. The Kier molecular flexibility index (Phi) is 3.82. The molecule has 76 valence electrons. The number of carbonyl (C=O) groups excluding carboxylic acids is 2. The van der Waals surface area contributed by atoms with E-state index in [0.29, 0.717) is 0 Å². The number of ketones is 2. The quantitative estimate of drug-likeness (QED) is 0.539. The highest BCUT2D eigenvalue weighted by atomic mass is 16.1. The fraction of sp³-hybridized carbons (Fsp3) is 0.231. The Bertz CT molecular complexity index is 407. The van der Waals surface area contributed by atoms with Gasteiger partial charge in [-0.05, 0) is 26.0 Å². The molecule has 0 N–H and O–H groups in total. The van der Waals surface area contributed by atoms with Gasteiger partial charge >= 0.3 is 0 Å². The minimum Gasteiger partial charge on any atom is -0.298 e. The summed E-state index contributed by atoms with van der Waals surface area (Å²) in [6.45, 7) is 2.76. The lowest BCUT2D eigenvalue weighted by atomic mass is 10.0. The molecule has 0 heterocycles. The molecule has 0 aliphatic heterocycles. The zero-order chi connectivity index (χ0) is 11.3. The minimum atomic E-state index is -0.787. The van der Waals surface area contributed by atoms with Crippen molar-refractivity contribution in [1.29, 1.82) is 0 Å². The fourth-order valence-electron chi connectivity index (χ4n) is 1.17. The van der Waals surface area contributed by atoms with Crippen LogP contribution < -0.4 is 0 Å². The molecule has 0 fully saturated rings. The van der Waals surface area contributed by atoms with E-state index in [1.165, 1.54) is 13.8 Å². The topological polar surface area (TPSA) is 34.1 Å². The monoisotopic (exact) mass is 200 g/mol. The van der Waals surface area contributed by atoms with E-state index in [0.717, 1.165) is 5.56 Å². The van der Waals surface area contributed by atoms with E-state index in [1.807, 2.05) is 30.3 Å². The van der Waals surface area contributed by atoms with Gasteiger partial charge in [-0.3, -0.25) is 9.59 Å². The van der Waals surface area contributed by atoms with Crippen LogP contribution in [-0.2, 0) is 9.59 Å². The second-order valence-electron chi connectivity index (χ2n) is 3.29. The summed E-state index contributed by atoms with van der Waals surface area (Å²) in [7, 11) is 0. The molecule has 0 saturated heterocycles. The van der Waals surface area contributed by atoms with Crippen LogP contribution in [0.1, 0.15) is 19.4 Å². The first-order chi connectivity index (χ1) is 7.11. The van der Waals surface area contributed by atoms with Gasteiger partial charge in [0, 0.05) is 5.56 Å². The molecule has 0 unspecified atom stereocenters. The molecule has 15 heavy (non-hydrogen) atoms. The number of Topliss-reactive ketones (excluding diaryl/α,β-unsaturated/α-hetero) is 2. The molecule has 2 heteroatoms. The van der Waals surface area contributed by atoms with Crippen LogP contribution in [0, 0.1) is 17.8 Å². The second kappa shape index (κ2) is 5.11. The lowest BCUT2D eigenvalue weighted by Crippen LogP contribution is -2.17. The van der Waals surface area contributed by atoms with Gasteiger partial charge in [-0.1, -0.05) is 30.0 Å². The van der Waals surface area contributed by atoms with E-state index in [-0.39, 0.29) is 11.6 Å². The minimum absolute atomic E-state index is 0.203. The number of hydrogen-bond donors (Lipinski definition) is 0. The molecule has 0 spiro atoms. The zero-order valence-electron chi connectivity index (χ0n) is 8.78. The number of rotatable bonds is 2. The van der Waals surface area contributed by atoms with E-state index >= 15 is 0 Å². The van der Waals surface area contributed by atoms with Gasteiger partial charge in [-0.2, -0.15) is 0 Å². The van der Waals surface area contributed by atoms with Gasteiger partial charge in [0.25, 0.3) is 0 Å². The standard InChI is InChI=1S/C13H12O2/c1-10(14)13(11(2)15)9-8-12-6-4-3-5-7-12/h3-7,13H,1-2H3. The molecule has 1 aromatic rings. The van der Waals surface area contributed by atoms with Crippen LogP contribution in [0.25, 0.3) is 0 Å². The highest BCUT2D eigenvalue weighted by molar-refractivity contribution is 6.03. The van der Waals surface area contributed by atoms with E-state index in [2.05, 4.69) is 11.8 Å². The fourth-order valence-corrected chi connectivity index (χ4v) is 1.17. The Morgan fingerprint density at radius 1 is 1.07 bits per heavy atom. The molecule has 0 aromatic heterocycles. The Hall–Kier alpha value is -1.88. The molecule has 0 saturated carbocycles. The first-order valence-corrected chi connectivity index (χ1v) is 4.68. The molecule has 0 atom stereocenters. The third kappa shape index (κ3) is 3.40. The molecule has 0 aliphatic rings. The summed E-state index contributed by atoms with van der Waals surface area (Å²) < 4.78 is 0. The first-order valence-electron chi connectivity index (χ1n) is 4.68. The summed E-state index contributed by atoms with van der Waals surface area (Å²) in [6.07, 6.45) is 0. The van der Waals surface area contributed by atoms with Crippen molar-refractivity contribution in [1.82, 2.24) is 0 Å². The van der Waals surface area contributed by atoms with Crippen LogP contribution in [0.3, 0.4) is 0 Å². The molecule has 1 rings (SSSR count). The van der Waals surface area contributed by atoms with E-state index in [1.54, 1.807) is 0 Å². The molecule has 0 aliphatic carbocycles. The summed E-state index contributed by atoms with van der Waals surface area (Å²) in [5.41, 5.74) is 0.810. The molecule has 0 amide bonds.